The summed E-state index contributed by atoms with van der Waals surface area (Å²) in [6.45, 7) is 1.38. The highest BCUT2D eigenvalue weighted by Crippen LogP contribution is 1.86. The molecule has 0 fully saturated rings. The van der Waals surface area contributed by atoms with E-state index in [9.17, 15) is 9.59 Å². The van der Waals surface area contributed by atoms with Gasteiger partial charge in [-0.2, -0.15) is 0 Å². The van der Waals surface area contributed by atoms with Crippen LogP contribution in [-0.2, 0) is 19.1 Å². The van der Waals surface area contributed by atoms with Crippen LogP contribution in [0.3, 0.4) is 0 Å². The molecular formula is C8H16O6. The fraction of sp³-hybridized carbons (Fsp3) is 0.750. The third-order valence-corrected chi connectivity index (χ3v) is 1.04. The highest BCUT2D eigenvalue weighted by Gasteiger charge is 2.00. The molecule has 0 aromatic heterocycles. The first-order valence-electron chi connectivity index (χ1n) is 3.96. The van der Waals surface area contributed by atoms with Gasteiger partial charge in [-0.15, -0.1) is 0 Å². The number of methoxy groups -OCH3 is 2. The fourth-order valence-electron chi connectivity index (χ4n) is 0.381. The highest BCUT2D eigenvalue weighted by molar-refractivity contribution is 5.75. The zero-order valence-electron chi connectivity index (χ0n) is 8.36. The van der Waals surface area contributed by atoms with Crippen molar-refractivity contribution >= 4 is 11.9 Å². The van der Waals surface area contributed by atoms with E-state index in [0.717, 1.165) is 0 Å². The van der Waals surface area contributed by atoms with Gasteiger partial charge >= 0.3 is 11.9 Å². The molecule has 0 aliphatic carbocycles. The van der Waals surface area contributed by atoms with Crippen molar-refractivity contribution in [3.05, 3.63) is 0 Å². The molecule has 0 radical (unpaired) electrons. The van der Waals surface area contributed by atoms with Crippen LogP contribution < -0.4 is 0 Å². The van der Waals surface area contributed by atoms with Crippen LogP contribution in [0.25, 0.3) is 0 Å². The molecule has 14 heavy (non-hydrogen) atoms. The van der Waals surface area contributed by atoms with Gasteiger partial charge in [0, 0.05) is 14.2 Å². The standard InChI is InChI=1S/C4H6O4.C4H10O2/c5-3(6)1-2-4(7)8;1-5-3-4-6-2/h1-2H2,(H,5,6)(H,7,8);3-4H2,1-2H3. The Labute approximate surface area is 82.4 Å². The number of ether oxygens (including phenoxy) is 2. The summed E-state index contributed by atoms with van der Waals surface area (Å²) in [6, 6.07) is 0. The van der Waals surface area contributed by atoms with Gasteiger partial charge in [-0.05, 0) is 0 Å². The van der Waals surface area contributed by atoms with Gasteiger partial charge in [0.15, 0.2) is 0 Å². The third-order valence-electron chi connectivity index (χ3n) is 1.04. The number of carbonyl (C=O) groups is 2. The first kappa shape index (κ1) is 15.3. The van der Waals surface area contributed by atoms with Crippen LogP contribution in [0.2, 0.25) is 0 Å². The Morgan fingerprint density at radius 2 is 1.21 bits per heavy atom. The summed E-state index contributed by atoms with van der Waals surface area (Å²) in [5.74, 6) is -2.15. The summed E-state index contributed by atoms with van der Waals surface area (Å²) in [5.41, 5.74) is 0. The Kier molecular flexibility index (Phi) is 13.0. The van der Waals surface area contributed by atoms with Crippen molar-refractivity contribution in [2.24, 2.45) is 0 Å². The van der Waals surface area contributed by atoms with Gasteiger partial charge in [0.25, 0.3) is 0 Å². The lowest BCUT2D eigenvalue weighted by molar-refractivity contribution is -0.143. The molecule has 0 aliphatic rings. The smallest absolute Gasteiger partial charge is 0.303 e. The van der Waals surface area contributed by atoms with Gasteiger partial charge in [-0.25, -0.2) is 0 Å². The molecule has 0 atom stereocenters. The molecule has 0 saturated heterocycles. The Morgan fingerprint density at radius 1 is 0.929 bits per heavy atom. The summed E-state index contributed by atoms with van der Waals surface area (Å²) in [5, 5.41) is 15.8. The predicted octanol–water partition coefficient (Wildman–Crippen LogP) is 0.215. The van der Waals surface area contributed by atoms with E-state index >= 15 is 0 Å². The second-order valence-electron chi connectivity index (χ2n) is 2.27. The van der Waals surface area contributed by atoms with E-state index in [0.29, 0.717) is 13.2 Å². The van der Waals surface area contributed by atoms with Gasteiger partial charge in [0.1, 0.15) is 0 Å². The summed E-state index contributed by atoms with van der Waals surface area (Å²) in [4.78, 5) is 19.3. The summed E-state index contributed by atoms with van der Waals surface area (Å²) in [7, 11) is 3.30. The van der Waals surface area contributed by atoms with E-state index in [-0.39, 0.29) is 12.8 Å². The molecule has 6 heteroatoms. The minimum atomic E-state index is -1.08. The van der Waals surface area contributed by atoms with Crippen LogP contribution in [0, 0.1) is 0 Å². The Morgan fingerprint density at radius 3 is 1.36 bits per heavy atom. The number of carboxylic acid groups (broad SMARTS) is 2. The van der Waals surface area contributed by atoms with E-state index in [1.54, 1.807) is 14.2 Å². The Bertz CT molecular complexity index is 138. The van der Waals surface area contributed by atoms with Crippen LogP contribution in [-0.4, -0.2) is 49.6 Å². The third kappa shape index (κ3) is 22.4. The SMILES string of the molecule is COCCOC.O=C(O)CCC(=O)O. The lowest BCUT2D eigenvalue weighted by atomic mass is 10.3. The van der Waals surface area contributed by atoms with E-state index < -0.39 is 11.9 Å². The van der Waals surface area contributed by atoms with Gasteiger partial charge < -0.3 is 19.7 Å². The fourth-order valence-corrected chi connectivity index (χ4v) is 0.381. The van der Waals surface area contributed by atoms with Crippen molar-refractivity contribution in [1.29, 1.82) is 0 Å². The van der Waals surface area contributed by atoms with Crippen molar-refractivity contribution in [2.75, 3.05) is 27.4 Å². The van der Waals surface area contributed by atoms with Crippen molar-refractivity contribution in [1.82, 2.24) is 0 Å². The molecule has 0 saturated carbocycles. The zero-order valence-corrected chi connectivity index (χ0v) is 8.36. The summed E-state index contributed by atoms with van der Waals surface area (Å²) in [6.07, 6.45) is -0.593. The molecule has 0 unspecified atom stereocenters. The molecule has 6 nitrogen and oxygen atoms in total. The maximum atomic E-state index is 9.64. The normalized spacial score (nSPS) is 8.71. The van der Waals surface area contributed by atoms with Gasteiger partial charge in [-0.3, -0.25) is 9.59 Å². The molecular weight excluding hydrogens is 192 g/mol. The molecule has 0 aromatic rings. The zero-order chi connectivity index (χ0) is 11.4. The lowest BCUT2D eigenvalue weighted by Crippen LogP contribution is -2.00. The van der Waals surface area contributed by atoms with Crippen LogP contribution in [0.5, 0.6) is 0 Å². The van der Waals surface area contributed by atoms with Crippen molar-refractivity contribution in [2.45, 2.75) is 12.8 Å². The summed E-state index contributed by atoms with van der Waals surface area (Å²) < 4.78 is 9.31. The number of hydrogen-bond donors (Lipinski definition) is 2. The molecule has 0 aliphatic heterocycles. The van der Waals surface area contributed by atoms with Crippen LogP contribution >= 0.6 is 0 Å². The Balaban J connectivity index is 0. The number of hydrogen-bond acceptors (Lipinski definition) is 4. The Hall–Kier alpha value is -1.14. The van der Waals surface area contributed by atoms with Gasteiger partial charge in [0.2, 0.25) is 0 Å². The molecule has 0 amide bonds. The van der Waals surface area contributed by atoms with E-state index in [2.05, 4.69) is 9.47 Å². The average molecular weight is 208 g/mol. The lowest BCUT2D eigenvalue weighted by Gasteiger charge is -1.91. The quantitative estimate of drug-likeness (QED) is 0.606. The number of carboxylic acids is 2. The molecule has 2 N–H and O–H groups in total. The minimum absolute atomic E-state index is 0.296. The molecule has 0 heterocycles. The van der Waals surface area contributed by atoms with Crippen molar-refractivity contribution in [3.63, 3.8) is 0 Å². The van der Waals surface area contributed by atoms with E-state index in [1.807, 2.05) is 0 Å². The number of rotatable bonds is 6. The topological polar surface area (TPSA) is 93.1 Å². The maximum absolute atomic E-state index is 9.64. The molecule has 84 valence electrons. The van der Waals surface area contributed by atoms with Crippen LogP contribution in [0.4, 0.5) is 0 Å². The second-order valence-corrected chi connectivity index (χ2v) is 2.27. The van der Waals surface area contributed by atoms with Gasteiger partial charge in [0.05, 0.1) is 26.1 Å². The highest BCUT2D eigenvalue weighted by atomic mass is 16.5. The first-order valence-corrected chi connectivity index (χ1v) is 3.96. The second kappa shape index (κ2) is 11.9. The van der Waals surface area contributed by atoms with Crippen molar-refractivity contribution < 1.29 is 29.3 Å². The summed E-state index contributed by atoms with van der Waals surface area (Å²) >= 11 is 0. The molecule has 0 bridgehead atoms. The van der Waals surface area contributed by atoms with Gasteiger partial charge in [-0.1, -0.05) is 0 Å². The van der Waals surface area contributed by atoms with Crippen LogP contribution in [0.1, 0.15) is 12.8 Å². The van der Waals surface area contributed by atoms with Crippen molar-refractivity contribution in [3.8, 4) is 0 Å². The average Bonchev–Trinajstić information content (AvgIpc) is 2.12. The monoisotopic (exact) mass is 208 g/mol. The number of aliphatic carboxylic acids is 2. The maximum Gasteiger partial charge on any atom is 0.303 e. The largest absolute Gasteiger partial charge is 0.481 e. The van der Waals surface area contributed by atoms with E-state index in [1.165, 1.54) is 0 Å². The molecule has 0 spiro atoms. The minimum Gasteiger partial charge on any atom is -0.481 e. The predicted molar refractivity (Wildman–Crippen MR) is 48.3 cm³/mol. The van der Waals surface area contributed by atoms with E-state index in [4.69, 9.17) is 10.2 Å². The molecule has 0 aromatic carbocycles. The first-order chi connectivity index (χ1) is 6.54. The van der Waals surface area contributed by atoms with Crippen LogP contribution in [0.15, 0.2) is 0 Å². The molecule has 0 rings (SSSR count).